The lowest BCUT2D eigenvalue weighted by Gasteiger charge is -2.34. The van der Waals surface area contributed by atoms with E-state index in [1.54, 1.807) is 24.6 Å². The molecular formula is C27H26ClN5O2. The molecule has 1 aliphatic carbocycles. The zero-order valence-corrected chi connectivity index (χ0v) is 20.0. The number of nitrogens with zero attached hydrogens (tertiary/aromatic N) is 4. The summed E-state index contributed by atoms with van der Waals surface area (Å²) in [5.74, 6) is 0.516. The molecule has 8 heteroatoms. The fourth-order valence-corrected chi connectivity index (χ4v) is 4.72. The van der Waals surface area contributed by atoms with Crippen molar-refractivity contribution in [3.8, 4) is 0 Å². The number of oxazole rings is 1. The van der Waals surface area contributed by atoms with Gasteiger partial charge in [-0.05, 0) is 54.2 Å². The van der Waals surface area contributed by atoms with Crippen LogP contribution in [0.25, 0.3) is 0 Å². The summed E-state index contributed by atoms with van der Waals surface area (Å²) in [6, 6.07) is 15.9. The van der Waals surface area contributed by atoms with Crippen molar-refractivity contribution in [2.24, 2.45) is 0 Å². The summed E-state index contributed by atoms with van der Waals surface area (Å²) in [7, 11) is 0. The molecule has 3 aromatic heterocycles. The third-order valence-corrected chi connectivity index (χ3v) is 6.49. The summed E-state index contributed by atoms with van der Waals surface area (Å²) in [4.78, 5) is 27.8. The number of carbonyl (C=O) groups is 1. The number of carbonyl (C=O) groups excluding carboxylic acids is 1. The SMILES string of the molecule is O=C(NCc1ccc(CN(Cc2ncco2)C2CCCc3cccnc32)cc1)c1ccnc(Cl)c1. The molecule has 3 heterocycles. The highest BCUT2D eigenvalue weighted by molar-refractivity contribution is 6.29. The van der Waals surface area contributed by atoms with E-state index in [0.717, 1.165) is 37.1 Å². The molecule has 0 fully saturated rings. The monoisotopic (exact) mass is 487 g/mol. The van der Waals surface area contributed by atoms with Crippen molar-refractivity contribution in [2.75, 3.05) is 0 Å². The first kappa shape index (κ1) is 23.2. The first-order chi connectivity index (χ1) is 17.2. The highest BCUT2D eigenvalue weighted by Gasteiger charge is 2.28. The Morgan fingerprint density at radius 2 is 1.89 bits per heavy atom. The molecule has 1 atom stereocenters. The average molecular weight is 488 g/mol. The third kappa shape index (κ3) is 5.75. The van der Waals surface area contributed by atoms with Crippen molar-refractivity contribution in [3.05, 3.63) is 112 Å². The summed E-state index contributed by atoms with van der Waals surface area (Å²) in [5, 5.41) is 3.23. The lowest BCUT2D eigenvalue weighted by molar-refractivity contribution is 0.0951. The Morgan fingerprint density at radius 3 is 2.69 bits per heavy atom. The van der Waals surface area contributed by atoms with E-state index in [4.69, 9.17) is 21.0 Å². The summed E-state index contributed by atoms with van der Waals surface area (Å²) < 4.78 is 5.57. The lowest BCUT2D eigenvalue weighted by atomic mass is 9.90. The number of hydrogen-bond donors (Lipinski definition) is 1. The van der Waals surface area contributed by atoms with Gasteiger partial charge in [-0.15, -0.1) is 0 Å². The lowest BCUT2D eigenvalue weighted by Crippen LogP contribution is -2.31. The van der Waals surface area contributed by atoms with Crippen LogP contribution in [0.4, 0.5) is 0 Å². The topological polar surface area (TPSA) is 84.2 Å². The van der Waals surface area contributed by atoms with Crippen LogP contribution in [-0.2, 0) is 26.1 Å². The van der Waals surface area contributed by atoms with Crippen LogP contribution in [0.15, 0.2) is 77.8 Å². The maximum absolute atomic E-state index is 12.4. The summed E-state index contributed by atoms with van der Waals surface area (Å²) in [6.45, 7) is 1.78. The molecule has 1 aromatic carbocycles. The molecule has 1 aliphatic rings. The largest absolute Gasteiger partial charge is 0.448 e. The maximum atomic E-state index is 12.4. The van der Waals surface area contributed by atoms with Gasteiger partial charge in [-0.25, -0.2) is 9.97 Å². The number of aromatic nitrogens is 3. The van der Waals surface area contributed by atoms with Crippen LogP contribution < -0.4 is 5.32 Å². The van der Waals surface area contributed by atoms with E-state index in [0.29, 0.717) is 29.7 Å². The van der Waals surface area contributed by atoms with Gasteiger partial charge >= 0.3 is 0 Å². The predicted octanol–water partition coefficient (Wildman–Crippen LogP) is 5.13. The molecule has 0 bridgehead atoms. The maximum Gasteiger partial charge on any atom is 0.251 e. The zero-order chi connectivity index (χ0) is 24.0. The van der Waals surface area contributed by atoms with E-state index >= 15 is 0 Å². The summed E-state index contributed by atoms with van der Waals surface area (Å²) >= 11 is 5.88. The molecule has 1 amide bonds. The van der Waals surface area contributed by atoms with E-state index < -0.39 is 0 Å². The molecule has 0 radical (unpaired) electrons. The number of amides is 1. The molecule has 1 unspecified atom stereocenters. The number of halogens is 1. The third-order valence-electron chi connectivity index (χ3n) is 6.28. The van der Waals surface area contributed by atoms with Crippen LogP contribution in [0.1, 0.15) is 57.5 Å². The van der Waals surface area contributed by atoms with Gasteiger partial charge < -0.3 is 9.73 Å². The number of benzene rings is 1. The Kier molecular flexibility index (Phi) is 7.16. The fourth-order valence-electron chi connectivity index (χ4n) is 4.55. The number of nitrogens with one attached hydrogen (secondary N) is 1. The van der Waals surface area contributed by atoms with Crippen LogP contribution >= 0.6 is 11.6 Å². The highest BCUT2D eigenvalue weighted by Crippen LogP contribution is 2.34. The molecule has 0 spiro atoms. The first-order valence-corrected chi connectivity index (χ1v) is 12.1. The zero-order valence-electron chi connectivity index (χ0n) is 19.2. The molecule has 1 N–H and O–H groups in total. The molecule has 4 aromatic rings. The molecule has 35 heavy (non-hydrogen) atoms. The molecule has 0 saturated heterocycles. The molecule has 0 aliphatic heterocycles. The number of rotatable bonds is 8. The number of hydrogen-bond acceptors (Lipinski definition) is 6. The van der Waals surface area contributed by atoms with E-state index in [-0.39, 0.29) is 11.9 Å². The number of fused-ring (bicyclic) bond motifs is 1. The predicted molar refractivity (Wildman–Crippen MR) is 133 cm³/mol. The van der Waals surface area contributed by atoms with Crippen LogP contribution in [0.3, 0.4) is 0 Å². The molecule has 7 nitrogen and oxygen atoms in total. The minimum absolute atomic E-state index is 0.182. The van der Waals surface area contributed by atoms with Crippen molar-refractivity contribution < 1.29 is 9.21 Å². The second-order valence-corrected chi connectivity index (χ2v) is 9.04. The normalized spacial score (nSPS) is 15.1. The van der Waals surface area contributed by atoms with Gasteiger partial charge in [0.2, 0.25) is 5.89 Å². The second kappa shape index (κ2) is 10.8. The first-order valence-electron chi connectivity index (χ1n) is 11.7. The van der Waals surface area contributed by atoms with Crippen molar-refractivity contribution in [2.45, 2.75) is 44.9 Å². The fraction of sp³-hybridized carbons (Fsp3) is 0.259. The van der Waals surface area contributed by atoms with Crippen LogP contribution in [0.2, 0.25) is 5.15 Å². The van der Waals surface area contributed by atoms with E-state index in [2.05, 4.69) is 38.4 Å². The van der Waals surface area contributed by atoms with Gasteiger partial charge in [-0.2, -0.15) is 0 Å². The van der Waals surface area contributed by atoms with E-state index in [1.165, 1.54) is 17.3 Å². The van der Waals surface area contributed by atoms with Gasteiger partial charge in [0.05, 0.1) is 24.5 Å². The minimum Gasteiger partial charge on any atom is -0.448 e. The van der Waals surface area contributed by atoms with Gasteiger partial charge in [0.25, 0.3) is 5.91 Å². The Balaban J connectivity index is 1.28. The van der Waals surface area contributed by atoms with Crippen molar-refractivity contribution in [1.29, 1.82) is 0 Å². The Morgan fingerprint density at radius 1 is 1.03 bits per heavy atom. The van der Waals surface area contributed by atoms with Crippen LogP contribution in [0, 0.1) is 0 Å². The smallest absolute Gasteiger partial charge is 0.251 e. The van der Waals surface area contributed by atoms with Crippen molar-refractivity contribution >= 4 is 17.5 Å². The quantitative estimate of drug-likeness (QED) is 0.347. The number of pyridine rings is 2. The Bertz CT molecular complexity index is 1280. The molecule has 0 saturated carbocycles. The van der Waals surface area contributed by atoms with Crippen LogP contribution in [-0.4, -0.2) is 25.8 Å². The Hall–Kier alpha value is -3.55. The Labute approximate surface area is 209 Å². The molecule has 5 rings (SSSR count). The van der Waals surface area contributed by atoms with Crippen molar-refractivity contribution in [3.63, 3.8) is 0 Å². The standard InChI is InChI=1S/C27H26ClN5O2/c28-24-15-22(10-12-29-24)27(34)32-16-19-6-8-20(9-7-19)17-33(18-25-30-13-14-35-25)23-5-1-3-21-4-2-11-31-26(21)23/h2,4,6-15,23H,1,3,5,16-18H2,(H,32,34). The highest BCUT2D eigenvalue weighted by atomic mass is 35.5. The van der Waals surface area contributed by atoms with Crippen LogP contribution in [0.5, 0.6) is 0 Å². The molecular weight excluding hydrogens is 462 g/mol. The average Bonchev–Trinajstić information content (AvgIpc) is 3.40. The van der Waals surface area contributed by atoms with Gasteiger partial charge in [0, 0.05) is 31.0 Å². The second-order valence-electron chi connectivity index (χ2n) is 8.65. The van der Waals surface area contributed by atoms with E-state index in [1.807, 2.05) is 24.4 Å². The van der Waals surface area contributed by atoms with Gasteiger partial charge in [-0.1, -0.05) is 41.9 Å². The van der Waals surface area contributed by atoms with Gasteiger partial charge in [0.15, 0.2) is 0 Å². The summed E-state index contributed by atoms with van der Waals surface area (Å²) in [5.41, 5.74) is 5.16. The number of aryl methyl sites for hydroxylation is 1. The summed E-state index contributed by atoms with van der Waals surface area (Å²) in [6.07, 6.45) is 9.95. The van der Waals surface area contributed by atoms with Gasteiger partial charge in [0.1, 0.15) is 11.4 Å². The minimum atomic E-state index is -0.182. The van der Waals surface area contributed by atoms with E-state index in [9.17, 15) is 4.79 Å². The molecule has 178 valence electrons. The van der Waals surface area contributed by atoms with Crippen molar-refractivity contribution in [1.82, 2.24) is 25.2 Å². The van der Waals surface area contributed by atoms with Gasteiger partial charge in [-0.3, -0.25) is 14.7 Å².